The van der Waals surface area contributed by atoms with Crippen molar-refractivity contribution in [2.75, 3.05) is 12.3 Å². The summed E-state index contributed by atoms with van der Waals surface area (Å²) in [6, 6.07) is 6.67. The summed E-state index contributed by atoms with van der Waals surface area (Å²) in [5.41, 5.74) is 5.88. The maximum Gasteiger partial charge on any atom is 1.00 e. The molecule has 0 bridgehead atoms. The molecule has 13 heavy (non-hydrogen) atoms. The van der Waals surface area contributed by atoms with E-state index < -0.39 is 12.6 Å². The Kier molecular flexibility index (Phi) is 5.53. The number of aliphatic carboxylic acids is 1. The Morgan fingerprint density at radius 2 is 2.08 bits per heavy atom. The van der Waals surface area contributed by atoms with Crippen molar-refractivity contribution >= 4 is 11.7 Å². The number of carbonyl (C=O) groups is 1. The number of carbonyl (C=O) groups excluding carboxylic acids is 1. The largest absolute Gasteiger partial charge is 1.00 e. The third kappa shape index (κ3) is 4.17. The first-order valence-corrected chi connectivity index (χ1v) is 3.37. The molecule has 64 valence electrons. The molecule has 0 radical (unpaired) electrons. The second-order valence-corrected chi connectivity index (χ2v) is 2.20. The minimum atomic E-state index is -1.27. The molecule has 4 nitrogen and oxygen atoms in total. The molecule has 1 aromatic carbocycles. The minimum Gasteiger partial charge on any atom is -0.546 e. The molecule has 2 N–H and O–H groups in total. The molecule has 0 aliphatic heterocycles. The van der Waals surface area contributed by atoms with Crippen LogP contribution < -0.4 is 45.1 Å². The standard InChI is InChI=1S/C8H9NO3.Na/c9-6-3-1-2-4-7(6)12-5-8(10)11;/h1-4H,5,9H2,(H,10,11);/q;+1/p-1. The van der Waals surface area contributed by atoms with Crippen LogP contribution in [-0.4, -0.2) is 12.6 Å². The van der Waals surface area contributed by atoms with E-state index >= 15 is 0 Å². The molecule has 1 rings (SSSR count). The van der Waals surface area contributed by atoms with E-state index in [9.17, 15) is 9.90 Å². The van der Waals surface area contributed by atoms with E-state index in [-0.39, 0.29) is 29.6 Å². The fraction of sp³-hybridized carbons (Fsp3) is 0.125. The van der Waals surface area contributed by atoms with E-state index in [1.165, 1.54) is 0 Å². The van der Waals surface area contributed by atoms with Gasteiger partial charge in [0, 0.05) is 0 Å². The van der Waals surface area contributed by atoms with Crippen LogP contribution in [0, 0.1) is 0 Å². The first-order chi connectivity index (χ1) is 5.70. The number of anilines is 1. The molecule has 0 heterocycles. The third-order valence-corrected chi connectivity index (χ3v) is 1.26. The summed E-state index contributed by atoms with van der Waals surface area (Å²) in [6.45, 7) is -0.478. The van der Waals surface area contributed by atoms with Crippen LogP contribution in [0.1, 0.15) is 0 Å². The summed E-state index contributed by atoms with van der Waals surface area (Å²) in [7, 11) is 0. The molecule has 0 fully saturated rings. The maximum absolute atomic E-state index is 10.0. The summed E-state index contributed by atoms with van der Waals surface area (Å²) in [6.07, 6.45) is 0. The van der Waals surface area contributed by atoms with Gasteiger partial charge in [-0.05, 0) is 12.1 Å². The van der Waals surface area contributed by atoms with Crippen molar-refractivity contribution in [2.45, 2.75) is 0 Å². The SMILES string of the molecule is Nc1ccccc1OCC(=O)[O-].[Na+]. The van der Waals surface area contributed by atoms with E-state index in [1.807, 2.05) is 0 Å². The van der Waals surface area contributed by atoms with Crippen LogP contribution in [0.25, 0.3) is 0 Å². The van der Waals surface area contributed by atoms with Gasteiger partial charge in [0.1, 0.15) is 12.4 Å². The van der Waals surface area contributed by atoms with Gasteiger partial charge in [-0.3, -0.25) is 0 Å². The molecule has 0 saturated heterocycles. The molecule has 0 saturated carbocycles. The minimum absolute atomic E-state index is 0. The Balaban J connectivity index is 0.00000144. The fourth-order valence-electron chi connectivity index (χ4n) is 0.749. The Bertz CT molecular complexity index is 290. The van der Waals surface area contributed by atoms with Crippen LogP contribution >= 0.6 is 0 Å². The topological polar surface area (TPSA) is 75.4 Å². The maximum atomic E-state index is 10.0. The van der Waals surface area contributed by atoms with Crippen molar-refractivity contribution in [3.05, 3.63) is 24.3 Å². The predicted molar refractivity (Wildman–Crippen MR) is 41.4 cm³/mol. The number of nitrogens with two attached hydrogens (primary N) is 1. The van der Waals surface area contributed by atoms with E-state index in [1.54, 1.807) is 24.3 Å². The molecule has 0 aromatic heterocycles. The number of ether oxygens (including phenoxy) is 1. The molecule has 0 aliphatic rings. The molecule has 1 aromatic rings. The van der Waals surface area contributed by atoms with Crippen LogP contribution in [0.3, 0.4) is 0 Å². The van der Waals surface area contributed by atoms with Crippen LogP contribution in [0.5, 0.6) is 5.75 Å². The Labute approximate surface area is 98.0 Å². The Morgan fingerprint density at radius 3 is 2.62 bits per heavy atom. The van der Waals surface area contributed by atoms with Crippen LogP contribution in [0.2, 0.25) is 0 Å². The number of benzene rings is 1. The zero-order chi connectivity index (χ0) is 8.97. The van der Waals surface area contributed by atoms with Gasteiger partial charge in [0.25, 0.3) is 0 Å². The second kappa shape index (κ2) is 5.85. The molecule has 0 amide bonds. The molecule has 0 aliphatic carbocycles. The summed E-state index contributed by atoms with van der Waals surface area (Å²) < 4.78 is 4.81. The van der Waals surface area contributed by atoms with Crippen LogP contribution in [-0.2, 0) is 4.79 Å². The normalized spacial score (nSPS) is 8.62. The molecule has 5 heteroatoms. The van der Waals surface area contributed by atoms with Gasteiger partial charge in [0.05, 0.1) is 11.7 Å². The average Bonchev–Trinajstić information content (AvgIpc) is 2.03. The monoisotopic (exact) mass is 189 g/mol. The number of para-hydroxylation sites is 2. The summed E-state index contributed by atoms with van der Waals surface area (Å²) in [5.74, 6) is -0.903. The fourth-order valence-corrected chi connectivity index (χ4v) is 0.749. The quantitative estimate of drug-likeness (QED) is 0.394. The predicted octanol–water partition coefficient (Wildman–Crippen LogP) is -3.60. The summed E-state index contributed by atoms with van der Waals surface area (Å²) in [4.78, 5) is 10.0. The number of hydrogen-bond donors (Lipinski definition) is 1. The van der Waals surface area contributed by atoms with E-state index in [0.29, 0.717) is 11.4 Å². The summed E-state index contributed by atoms with van der Waals surface area (Å²) in [5, 5.41) is 10.0. The summed E-state index contributed by atoms with van der Waals surface area (Å²) >= 11 is 0. The van der Waals surface area contributed by atoms with Crippen molar-refractivity contribution in [1.29, 1.82) is 0 Å². The number of hydrogen-bond acceptors (Lipinski definition) is 4. The van der Waals surface area contributed by atoms with Gasteiger partial charge in [-0.1, -0.05) is 12.1 Å². The van der Waals surface area contributed by atoms with Crippen molar-refractivity contribution in [3.63, 3.8) is 0 Å². The second-order valence-electron chi connectivity index (χ2n) is 2.20. The smallest absolute Gasteiger partial charge is 0.546 e. The first-order valence-electron chi connectivity index (χ1n) is 3.37. The van der Waals surface area contributed by atoms with Gasteiger partial charge in [0.2, 0.25) is 0 Å². The number of carboxylic acid groups (broad SMARTS) is 1. The van der Waals surface area contributed by atoms with Crippen molar-refractivity contribution in [2.24, 2.45) is 0 Å². The van der Waals surface area contributed by atoms with Gasteiger partial charge in [-0.15, -0.1) is 0 Å². The average molecular weight is 189 g/mol. The van der Waals surface area contributed by atoms with Gasteiger partial charge >= 0.3 is 29.6 Å². The van der Waals surface area contributed by atoms with Crippen molar-refractivity contribution < 1.29 is 44.2 Å². The molecule has 0 spiro atoms. The van der Waals surface area contributed by atoms with Gasteiger partial charge < -0.3 is 20.4 Å². The third-order valence-electron chi connectivity index (χ3n) is 1.26. The molecular weight excluding hydrogens is 181 g/mol. The Hall–Kier alpha value is -0.710. The molecular formula is C8H8NNaO3. The zero-order valence-corrected chi connectivity index (χ0v) is 9.32. The van der Waals surface area contributed by atoms with Crippen molar-refractivity contribution in [3.8, 4) is 5.75 Å². The van der Waals surface area contributed by atoms with E-state index in [2.05, 4.69) is 0 Å². The first kappa shape index (κ1) is 12.3. The Morgan fingerprint density at radius 1 is 1.46 bits per heavy atom. The van der Waals surface area contributed by atoms with E-state index in [4.69, 9.17) is 10.5 Å². The molecule has 0 atom stereocenters. The van der Waals surface area contributed by atoms with Gasteiger partial charge in [-0.2, -0.15) is 0 Å². The van der Waals surface area contributed by atoms with Gasteiger partial charge in [-0.25, -0.2) is 0 Å². The number of rotatable bonds is 3. The molecule has 0 unspecified atom stereocenters. The zero-order valence-electron chi connectivity index (χ0n) is 7.32. The van der Waals surface area contributed by atoms with Crippen molar-refractivity contribution in [1.82, 2.24) is 0 Å². The van der Waals surface area contributed by atoms with Crippen LogP contribution in [0.15, 0.2) is 24.3 Å². The van der Waals surface area contributed by atoms with E-state index in [0.717, 1.165) is 0 Å². The number of carboxylic acids is 1. The number of nitrogen functional groups attached to an aromatic ring is 1. The van der Waals surface area contributed by atoms with Crippen LogP contribution in [0.4, 0.5) is 5.69 Å². The van der Waals surface area contributed by atoms with Gasteiger partial charge in [0.15, 0.2) is 0 Å².